The van der Waals surface area contributed by atoms with E-state index in [1.165, 1.54) is 4.90 Å². The van der Waals surface area contributed by atoms with E-state index in [9.17, 15) is 9.59 Å². The van der Waals surface area contributed by atoms with Crippen molar-refractivity contribution in [1.29, 1.82) is 0 Å². The van der Waals surface area contributed by atoms with E-state index in [1.54, 1.807) is 32.2 Å². The van der Waals surface area contributed by atoms with Crippen molar-refractivity contribution in [2.45, 2.75) is 19.9 Å². The van der Waals surface area contributed by atoms with Gasteiger partial charge >= 0.3 is 0 Å². The molecule has 1 fully saturated rings. The van der Waals surface area contributed by atoms with Crippen molar-refractivity contribution in [3.05, 3.63) is 23.8 Å². The Morgan fingerprint density at radius 2 is 2.17 bits per heavy atom. The molecule has 5 heteroatoms. The number of nitrogen functional groups attached to an aromatic ring is 1. The molecule has 1 aliphatic rings. The van der Waals surface area contributed by atoms with E-state index in [2.05, 4.69) is 0 Å². The third-order valence-corrected chi connectivity index (χ3v) is 3.10. The highest BCUT2D eigenvalue weighted by molar-refractivity contribution is 6.03. The number of ether oxygens (including phenoxy) is 1. The van der Waals surface area contributed by atoms with Gasteiger partial charge in [-0.3, -0.25) is 14.5 Å². The molecule has 96 valence electrons. The predicted molar refractivity (Wildman–Crippen MR) is 66.7 cm³/mol. The minimum absolute atomic E-state index is 0.135. The van der Waals surface area contributed by atoms with Crippen molar-refractivity contribution < 1.29 is 14.3 Å². The van der Waals surface area contributed by atoms with E-state index in [0.717, 1.165) is 5.56 Å². The van der Waals surface area contributed by atoms with Crippen LogP contribution in [0, 0.1) is 5.92 Å². The van der Waals surface area contributed by atoms with Crippen LogP contribution in [0.3, 0.4) is 0 Å². The van der Waals surface area contributed by atoms with Crippen molar-refractivity contribution in [3.8, 4) is 5.75 Å². The van der Waals surface area contributed by atoms with E-state index in [1.807, 2.05) is 0 Å². The van der Waals surface area contributed by atoms with Gasteiger partial charge in [-0.05, 0) is 18.2 Å². The topological polar surface area (TPSA) is 72.6 Å². The van der Waals surface area contributed by atoms with Crippen molar-refractivity contribution in [2.24, 2.45) is 5.92 Å². The zero-order chi connectivity index (χ0) is 13.3. The van der Waals surface area contributed by atoms with Gasteiger partial charge in [-0.15, -0.1) is 0 Å². The maximum Gasteiger partial charge on any atom is 0.232 e. The summed E-state index contributed by atoms with van der Waals surface area (Å²) in [4.78, 5) is 24.8. The molecule has 1 unspecified atom stereocenters. The van der Waals surface area contributed by atoms with E-state index in [4.69, 9.17) is 10.5 Å². The summed E-state index contributed by atoms with van der Waals surface area (Å²) in [6.07, 6.45) is 0.281. The van der Waals surface area contributed by atoms with E-state index in [0.29, 0.717) is 11.4 Å². The number of nitrogens with two attached hydrogens (primary N) is 1. The van der Waals surface area contributed by atoms with E-state index >= 15 is 0 Å². The highest BCUT2D eigenvalue weighted by Gasteiger charge is 2.35. The van der Waals surface area contributed by atoms with Crippen molar-refractivity contribution in [1.82, 2.24) is 4.90 Å². The number of anilines is 1. The van der Waals surface area contributed by atoms with Crippen LogP contribution in [0.25, 0.3) is 0 Å². The van der Waals surface area contributed by atoms with E-state index in [-0.39, 0.29) is 30.7 Å². The predicted octanol–water partition coefficient (Wildman–Crippen LogP) is 1.17. The molecule has 18 heavy (non-hydrogen) atoms. The molecule has 0 spiro atoms. The van der Waals surface area contributed by atoms with Crippen LogP contribution in [0.15, 0.2) is 18.2 Å². The van der Waals surface area contributed by atoms with Gasteiger partial charge < -0.3 is 10.5 Å². The number of carbonyl (C=O) groups is 2. The number of hydrogen-bond donors (Lipinski definition) is 1. The van der Waals surface area contributed by atoms with Crippen LogP contribution in [0.1, 0.15) is 18.9 Å². The molecular formula is C13H16N2O3. The molecule has 2 rings (SSSR count). The number of nitrogens with zero attached hydrogens (tertiary/aromatic N) is 1. The normalized spacial score (nSPS) is 19.4. The van der Waals surface area contributed by atoms with Crippen molar-refractivity contribution >= 4 is 17.5 Å². The lowest BCUT2D eigenvalue weighted by Crippen LogP contribution is -2.29. The van der Waals surface area contributed by atoms with Gasteiger partial charge in [-0.25, -0.2) is 0 Å². The molecule has 1 heterocycles. The zero-order valence-electron chi connectivity index (χ0n) is 10.5. The Hall–Kier alpha value is -2.04. The largest absolute Gasteiger partial charge is 0.496 e. The Kier molecular flexibility index (Phi) is 3.23. The quantitative estimate of drug-likeness (QED) is 0.643. The standard InChI is InChI=1S/C13H16N2O3/c1-8-5-12(16)15(13(8)17)7-9-6-10(14)3-4-11(9)18-2/h3-4,6,8H,5,7,14H2,1-2H3. The molecule has 2 N–H and O–H groups in total. The van der Waals surface area contributed by atoms with Crippen molar-refractivity contribution in [2.75, 3.05) is 12.8 Å². The number of methoxy groups -OCH3 is 1. The van der Waals surface area contributed by atoms with Crippen LogP contribution >= 0.6 is 0 Å². The third kappa shape index (κ3) is 2.16. The van der Waals surface area contributed by atoms with Crippen LogP contribution in [0.5, 0.6) is 5.75 Å². The fourth-order valence-corrected chi connectivity index (χ4v) is 2.11. The van der Waals surface area contributed by atoms with Gasteiger partial charge in [0, 0.05) is 23.6 Å². The molecule has 1 aromatic carbocycles. The number of likely N-dealkylation sites (tertiary alicyclic amines) is 1. The molecule has 2 amide bonds. The van der Waals surface area contributed by atoms with Gasteiger partial charge in [0.25, 0.3) is 0 Å². The molecule has 1 atom stereocenters. The number of carbonyl (C=O) groups excluding carboxylic acids is 2. The number of rotatable bonds is 3. The van der Waals surface area contributed by atoms with Crippen LogP contribution in [-0.4, -0.2) is 23.8 Å². The highest BCUT2D eigenvalue weighted by Crippen LogP contribution is 2.26. The smallest absolute Gasteiger partial charge is 0.232 e. The lowest BCUT2D eigenvalue weighted by atomic mass is 10.1. The SMILES string of the molecule is COc1ccc(N)cc1CN1C(=O)CC(C)C1=O. The molecule has 5 nitrogen and oxygen atoms in total. The Morgan fingerprint density at radius 3 is 2.72 bits per heavy atom. The molecule has 1 aromatic rings. The summed E-state index contributed by atoms with van der Waals surface area (Å²) >= 11 is 0. The van der Waals surface area contributed by atoms with E-state index < -0.39 is 0 Å². The Balaban J connectivity index is 2.26. The Morgan fingerprint density at radius 1 is 1.44 bits per heavy atom. The summed E-state index contributed by atoms with van der Waals surface area (Å²) in [7, 11) is 1.55. The average Bonchev–Trinajstić information content (AvgIpc) is 2.56. The minimum Gasteiger partial charge on any atom is -0.496 e. The number of imide groups is 1. The van der Waals surface area contributed by atoms with Crippen LogP contribution in [0.4, 0.5) is 5.69 Å². The van der Waals surface area contributed by atoms with Crippen LogP contribution in [0.2, 0.25) is 0 Å². The second kappa shape index (κ2) is 4.68. The summed E-state index contributed by atoms with van der Waals surface area (Å²) < 4.78 is 5.20. The fraction of sp³-hybridized carbons (Fsp3) is 0.385. The first-order valence-electron chi connectivity index (χ1n) is 5.79. The Bertz CT molecular complexity index is 499. The molecule has 0 bridgehead atoms. The second-order valence-electron chi connectivity index (χ2n) is 4.49. The third-order valence-electron chi connectivity index (χ3n) is 3.10. The van der Waals surface area contributed by atoms with Gasteiger partial charge in [0.15, 0.2) is 0 Å². The molecule has 0 aliphatic carbocycles. The zero-order valence-corrected chi connectivity index (χ0v) is 10.5. The monoisotopic (exact) mass is 248 g/mol. The summed E-state index contributed by atoms with van der Waals surface area (Å²) in [5.41, 5.74) is 7.03. The van der Waals surface area contributed by atoms with Crippen molar-refractivity contribution in [3.63, 3.8) is 0 Å². The summed E-state index contributed by atoms with van der Waals surface area (Å²) in [5.74, 6) is 0.121. The summed E-state index contributed by atoms with van der Waals surface area (Å²) in [6.45, 7) is 1.98. The fourth-order valence-electron chi connectivity index (χ4n) is 2.11. The molecule has 1 aliphatic heterocycles. The molecule has 0 radical (unpaired) electrons. The van der Waals surface area contributed by atoms with Gasteiger partial charge in [0.05, 0.1) is 13.7 Å². The van der Waals surface area contributed by atoms with Gasteiger partial charge in [0.2, 0.25) is 11.8 Å². The first-order chi connectivity index (χ1) is 8.52. The summed E-state index contributed by atoms with van der Waals surface area (Å²) in [6, 6.07) is 5.18. The summed E-state index contributed by atoms with van der Waals surface area (Å²) in [5, 5.41) is 0. The van der Waals surface area contributed by atoms with Crippen LogP contribution < -0.4 is 10.5 Å². The lowest BCUT2D eigenvalue weighted by molar-refractivity contribution is -0.139. The first-order valence-corrected chi connectivity index (χ1v) is 5.79. The number of benzene rings is 1. The Labute approximate surface area is 106 Å². The number of amides is 2. The molecule has 1 saturated heterocycles. The second-order valence-corrected chi connectivity index (χ2v) is 4.49. The molecule has 0 saturated carbocycles. The van der Waals surface area contributed by atoms with Gasteiger partial charge in [0.1, 0.15) is 5.75 Å². The van der Waals surface area contributed by atoms with Crippen LogP contribution in [-0.2, 0) is 16.1 Å². The average molecular weight is 248 g/mol. The van der Waals surface area contributed by atoms with Gasteiger partial charge in [-0.1, -0.05) is 6.92 Å². The minimum atomic E-state index is -0.232. The maximum atomic E-state index is 11.8. The number of hydrogen-bond acceptors (Lipinski definition) is 4. The first kappa shape index (κ1) is 12.4. The molecule has 0 aromatic heterocycles. The van der Waals surface area contributed by atoms with Gasteiger partial charge in [-0.2, -0.15) is 0 Å². The maximum absolute atomic E-state index is 11.8. The lowest BCUT2D eigenvalue weighted by Gasteiger charge is -2.17. The molecular weight excluding hydrogens is 232 g/mol. The highest BCUT2D eigenvalue weighted by atomic mass is 16.5.